The third-order valence-electron chi connectivity index (χ3n) is 2.62. The summed E-state index contributed by atoms with van der Waals surface area (Å²) in [6.45, 7) is -1.25. The molecule has 0 atom stereocenters. The Bertz CT molecular complexity index is 675. The monoisotopic (exact) mass is 346 g/mol. The number of nitrogens with one attached hydrogen (secondary N) is 1. The van der Waals surface area contributed by atoms with Gasteiger partial charge in [-0.15, -0.1) is 11.3 Å². The van der Waals surface area contributed by atoms with Crippen LogP contribution in [0.4, 0.5) is 13.2 Å². The topological polar surface area (TPSA) is 90.1 Å². The van der Waals surface area contributed by atoms with Crippen LogP contribution in [-0.2, 0) is 13.1 Å². The molecule has 0 aliphatic heterocycles. The number of pyridine rings is 1. The van der Waals surface area contributed by atoms with Crippen LogP contribution < -0.4 is 15.8 Å². The molecular weight excluding hydrogens is 333 g/mol. The smallest absolute Gasteiger partial charge is 0.422 e. The highest BCUT2D eigenvalue weighted by Crippen LogP contribution is 2.20. The Morgan fingerprint density at radius 1 is 1.43 bits per heavy atom. The number of nitrogens with zero attached hydrogens (tertiary/aromatic N) is 2. The molecule has 2 heterocycles. The molecule has 23 heavy (non-hydrogen) atoms. The van der Waals surface area contributed by atoms with Crippen LogP contribution in [0.2, 0.25) is 0 Å². The molecule has 0 saturated heterocycles. The first-order valence-corrected chi connectivity index (χ1v) is 7.33. The summed E-state index contributed by atoms with van der Waals surface area (Å²) in [4.78, 5) is 19.7. The molecule has 3 N–H and O–H groups in total. The van der Waals surface area contributed by atoms with Crippen molar-refractivity contribution in [2.45, 2.75) is 19.3 Å². The van der Waals surface area contributed by atoms with Crippen molar-refractivity contribution in [3.63, 3.8) is 0 Å². The summed E-state index contributed by atoms with van der Waals surface area (Å²) in [5.41, 5.74) is 5.95. The van der Waals surface area contributed by atoms with Crippen molar-refractivity contribution in [1.82, 2.24) is 15.3 Å². The second-order valence-electron chi connectivity index (χ2n) is 4.38. The summed E-state index contributed by atoms with van der Waals surface area (Å²) < 4.78 is 41.3. The summed E-state index contributed by atoms with van der Waals surface area (Å²) >= 11 is 1.25. The molecule has 0 spiro atoms. The molecule has 0 saturated carbocycles. The quantitative estimate of drug-likeness (QED) is 0.833. The number of carbonyl (C=O) groups excluding carboxylic acids is 1. The van der Waals surface area contributed by atoms with Gasteiger partial charge in [0.25, 0.3) is 5.91 Å². The van der Waals surface area contributed by atoms with Crippen LogP contribution in [0.15, 0.2) is 23.7 Å². The average Bonchev–Trinajstić information content (AvgIpc) is 2.99. The van der Waals surface area contributed by atoms with Crippen LogP contribution in [0.3, 0.4) is 0 Å². The maximum Gasteiger partial charge on any atom is 0.422 e. The summed E-state index contributed by atoms with van der Waals surface area (Å²) in [6.07, 6.45) is -3.15. The lowest BCUT2D eigenvalue weighted by Gasteiger charge is -2.12. The van der Waals surface area contributed by atoms with Crippen molar-refractivity contribution < 1.29 is 22.7 Å². The fourth-order valence-electron chi connectivity index (χ4n) is 1.61. The van der Waals surface area contributed by atoms with Crippen LogP contribution in [0.5, 0.6) is 5.88 Å². The molecule has 0 bridgehead atoms. The molecule has 10 heteroatoms. The van der Waals surface area contributed by atoms with Gasteiger partial charge in [-0.05, 0) is 6.07 Å². The predicted molar refractivity (Wildman–Crippen MR) is 77.0 cm³/mol. The number of thiazole rings is 1. The Balaban J connectivity index is 1.98. The van der Waals surface area contributed by atoms with E-state index in [1.165, 1.54) is 29.7 Å². The number of hydrogen-bond donors (Lipinski definition) is 2. The summed E-state index contributed by atoms with van der Waals surface area (Å²) in [7, 11) is 0. The van der Waals surface area contributed by atoms with E-state index in [0.29, 0.717) is 10.6 Å². The molecule has 2 aromatic rings. The second-order valence-corrected chi connectivity index (χ2v) is 5.33. The Labute approximate surface area is 133 Å². The van der Waals surface area contributed by atoms with Crippen molar-refractivity contribution in [3.05, 3.63) is 40.0 Å². The van der Waals surface area contributed by atoms with Gasteiger partial charge in [-0.25, -0.2) is 9.97 Å². The Hall–Kier alpha value is -2.20. The molecule has 0 unspecified atom stereocenters. The number of ether oxygens (including phenoxy) is 1. The maximum absolute atomic E-state index is 12.2. The lowest BCUT2D eigenvalue weighted by molar-refractivity contribution is -0.154. The van der Waals surface area contributed by atoms with E-state index in [0.717, 1.165) is 0 Å². The highest BCUT2D eigenvalue weighted by Gasteiger charge is 2.29. The van der Waals surface area contributed by atoms with E-state index in [4.69, 9.17) is 5.73 Å². The van der Waals surface area contributed by atoms with Crippen molar-refractivity contribution in [1.29, 1.82) is 0 Å². The molecule has 0 aromatic carbocycles. The van der Waals surface area contributed by atoms with E-state index >= 15 is 0 Å². The molecule has 0 aliphatic carbocycles. The largest absolute Gasteiger partial charge is 0.468 e. The van der Waals surface area contributed by atoms with E-state index in [1.807, 2.05) is 0 Å². The Kier molecular flexibility index (Phi) is 5.50. The van der Waals surface area contributed by atoms with Gasteiger partial charge in [-0.1, -0.05) is 6.07 Å². The third kappa shape index (κ3) is 5.18. The van der Waals surface area contributed by atoms with Crippen LogP contribution in [0, 0.1) is 0 Å². The minimum absolute atomic E-state index is 0.0324. The second kappa shape index (κ2) is 7.38. The van der Waals surface area contributed by atoms with E-state index in [2.05, 4.69) is 20.0 Å². The number of carbonyl (C=O) groups is 1. The summed E-state index contributed by atoms with van der Waals surface area (Å²) in [6, 6.07) is 3.06. The first-order valence-electron chi connectivity index (χ1n) is 6.45. The van der Waals surface area contributed by atoms with E-state index in [-0.39, 0.29) is 24.7 Å². The van der Waals surface area contributed by atoms with Gasteiger partial charge < -0.3 is 15.8 Å². The number of nitrogens with two attached hydrogens (primary N) is 1. The first-order chi connectivity index (χ1) is 10.9. The van der Waals surface area contributed by atoms with E-state index < -0.39 is 18.7 Å². The van der Waals surface area contributed by atoms with Crippen LogP contribution in [0.25, 0.3) is 0 Å². The molecule has 1 amide bonds. The Morgan fingerprint density at radius 3 is 2.87 bits per heavy atom. The lowest BCUT2D eigenvalue weighted by atomic mass is 10.2. The minimum atomic E-state index is -4.46. The molecule has 2 aromatic heterocycles. The standard InChI is InChI=1S/C13H13F3N4O2S/c14-13(15,16)7-22-12-8(2-1-3-18-12)5-19-11(21)9-6-23-10(4-17)20-9/h1-3,6H,4-5,7,17H2,(H,19,21). The summed E-state index contributed by atoms with van der Waals surface area (Å²) in [5, 5.41) is 4.73. The van der Waals surface area contributed by atoms with Gasteiger partial charge in [0.15, 0.2) is 6.61 Å². The van der Waals surface area contributed by atoms with Crippen molar-refractivity contribution in [2.24, 2.45) is 5.73 Å². The number of alkyl halides is 3. The molecule has 0 radical (unpaired) electrons. The molecule has 0 fully saturated rings. The number of aromatic nitrogens is 2. The normalized spacial score (nSPS) is 11.3. The number of amides is 1. The predicted octanol–water partition coefficient (Wildman–Crippen LogP) is 1.87. The van der Waals surface area contributed by atoms with Crippen LogP contribution in [0.1, 0.15) is 21.1 Å². The average molecular weight is 346 g/mol. The van der Waals surface area contributed by atoms with Gasteiger partial charge in [0.05, 0.1) is 0 Å². The SMILES string of the molecule is NCc1nc(C(=O)NCc2cccnc2OCC(F)(F)F)cs1. The Morgan fingerprint density at radius 2 is 2.22 bits per heavy atom. The van der Waals surface area contributed by atoms with Crippen LogP contribution >= 0.6 is 11.3 Å². The first kappa shape index (κ1) is 17.2. The zero-order valence-electron chi connectivity index (χ0n) is 11.8. The molecule has 0 aliphatic rings. The van der Waals surface area contributed by atoms with Gasteiger partial charge >= 0.3 is 6.18 Å². The maximum atomic E-state index is 12.2. The third-order valence-corrected chi connectivity index (χ3v) is 3.49. The fourth-order valence-corrected chi connectivity index (χ4v) is 2.27. The van der Waals surface area contributed by atoms with Crippen molar-refractivity contribution >= 4 is 17.2 Å². The highest BCUT2D eigenvalue weighted by atomic mass is 32.1. The van der Waals surface area contributed by atoms with Gasteiger partial charge in [-0.2, -0.15) is 13.2 Å². The lowest BCUT2D eigenvalue weighted by Crippen LogP contribution is -2.25. The molecule has 6 nitrogen and oxygen atoms in total. The zero-order chi connectivity index (χ0) is 16.9. The van der Waals surface area contributed by atoms with Crippen molar-refractivity contribution in [3.8, 4) is 5.88 Å². The van der Waals surface area contributed by atoms with Gasteiger partial charge in [-0.3, -0.25) is 4.79 Å². The minimum Gasteiger partial charge on any atom is -0.468 e. The highest BCUT2D eigenvalue weighted by molar-refractivity contribution is 7.09. The zero-order valence-corrected chi connectivity index (χ0v) is 12.6. The van der Waals surface area contributed by atoms with Crippen LogP contribution in [-0.4, -0.2) is 28.7 Å². The van der Waals surface area contributed by atoms with Crippen molar-refractivity contribution in [2.75, 3.05) is 6.61 Å². The fraction of sp³-hybridized carbons (Fsp3) is 0.308. The molecule has 124 valence electrons. The number of halogens is 3. The number of hydrogen-bond acceptors (Lipinski definition) is 6. The van der Waals surface area contributed by atoms with Gasteiger partial charge in [0.1, 0.15) is 10.7 Å². The van der Waals surface area contributed by atoms with E-state index in [9.17, 15) is 18.0 Å². The summed E-state index contributed by atoms with van der Waals surface area (Å²) in [5.74, 6) is -0.627. The molecular formula is C13H13F3N4O2S. The van der Waals surface area contributed by atoms with Gasteiger partial charge in [0, 0.05) is 30.2 Å². The van der Waals surface area contributed by atoms with E-state index in [1.54, 1.807) is 5.38 Å². The molecule has 2 rings (SSSR count). The number of rotatable bonds is 6. The van der Waals surface area contributed by atoms with Gasteiger partial charge in [0.2, 0.25) is 5.88 Å².